The summed E-state index contributed by atoms with van der Waals surface area (Å²) in [4.78, 5) is 17.5. The number of phosphoric acid groups is 1. The molecule has 0 aliphatic carbocycles. The minimum absolute atomic E-state index is 0.178. The van der Waals surface area contributed by atoms with Gasteiger partial charge in [0.15, 0.2) is 0 Å². The van der Waals surface area contributed by atoms with Crippen molar-refractivity contribution in [3.05, 3.63) is 12.4 Å². The normalized spacial score (nSPS) is 11.7. The lowest BCUT2D eigenvalue weighted by molar-refractivity contribution is -0.674. The number of phosphoric ester groups is 1. The first-order chi connectivity index (χ1) is 6.94. The first kappa shape index (κ1) is 12.2. The molecule has 7 heteroatoms. The topological polar surface area (TPSA) is 75.6 Å². The first-order valence-corrected chi connectivity index (χ1v) is 6.27. The van der Waals surface area contributed by atoms with Gasteiger partial charge in [-0.05, 0) is 6.42 Å². The molecule has 1 rings (SSSR count). The zero-order valence-electron chi connectivity index (χ0n) is 8.83. The molecule has 1 aromatic heterocycles. The summed E-state index contributed by atoms with van der Waals surface area (Å²) in [6.45, 7) is 2.74. The number of aromatic nitrogens is 2. The van der Waals surface area contributed by atoms with Crippen molar-refractivity contribution in [3.63, 3.8) is 0 Å². The van der Waals surface area contributed by atoms with E-state index >= 15 is 0 Å². The van der Waals surface area contributed by atoms with Crippen LogP contribution in [0.4, 0.5) is 0 Å². The van der Waals surface area contributed by atoms with Gasteiger partial charge in [0.1, 0.15) is 12.4 Å². The Kier molecular flexibility index (Phi) is 3.90. The van der Waals surface area contributed by atoms with Gasteiger partial charge in [-0.25, -0.2) is 4.57 Å². The van der Waals surface area contributed by atoms with Crippen molar-refractivity contribution in [2.24, 2.45) is 7.05 Å². The van der Waals surface area contributed by atoms with Crippen LogP contribution in [-0.2, 0) is 18.2 Å². The van der Waals surface area contributed by atoms with Crippen LogP contribution in [-0.4, -0.2) is 14.4 Å². The molecular formula is C8H16N2O4P+. The molecule has 1 aromatic rings. The molecular weight excluding hydrogens is 219 g/mol. The van der Waals surface area contributed by atoms with Crippen molar-refractivity contribution in [1.29, 1.82) is 0 Å². The molecule has 6 nitrogen and oxygen atoms in total. The molecule has 0 atom stereocenters. The van der Waals surface area contributed by atoms with Crippen LogP contribution in [0.3, 0.4) is 0 Å². The Morgan fingerprint density at radius 2 is 2.27 bits per heavy atom. The van der Waals surface area contributed by atoms with Crippen LogP contribution in [0.1, 0.15) is 19.8 Å². The van der Waals surface area contributed by atoms with Crippen LogP contribution in [0.25, 0.3) is 0 Å². The van der Waals surface area contributed by atoms with Crippen LogP contribution >= 0.6 is 7.82 Å². The maximum Gasteiger partial charge on any atom is 0.529 e. The molecule has 2 N–H and O–H groups in total. The van der Waals surface area contributed by atoms with E-state index in [1.165, 1.54) is 4.57 Å². The maximum atomic E-state index is 10.7. The van der Waals surface area contributed by atoms with Crippen molar-refractivity contribution >= 4 is 7.82 Å². The predicted octanol–water partition coefficient (Wildman–Crippen LogP) is 0.584. The highest BCUT2D eigenvalue weighted by molar-refractivity contribution is 7.46. The third-order valence-electron chi connectivity index (χ3n) is 1.97. The van der Waals surface area contributed by atoms with Gasteiger partial charge in [0.25, 0.3) is 0 Å². The van der Waals surface area contributed by atoms with E-state index in [1.54, 1.807) is 24.0 Å². The van der Waals surface area contributed by atoms with Gasteiger partial charge in [0.05, 0.1) is 13.6 Å². The summed E-state index contributed by atoms with van der Waals surface area (Å²) >= 11 is 0. The van der Waals surface area contributed by atoms with Gasteiger partial charge in [-0.2, -0.15) is 9.13 Å². The predicted molar refractivity (Wildman–Crippen MR) is 53.2 cm³/mol. The third-order valence-corrected chi connectivity index (χ3v) is 2.37. The van der Waals surface area contributed by atoms with E-state index in [4.69, 9.17) is 9.79 Å². The Bertz CT molecular complexity index is 371. The largest absolute Gasteiger partial charge is 0.529 e. The summed E-state index contributed by atoms with van der Waals surface area (Å²) in [5.41, 5.74) is 0. The number of nitrogens with zero attached hydrogens (tertiary/aromatic N) is 2. The molecule has 0 saturated heterocycles. The van der Waals surface area contributed by atoms with Crippen LogP contribution in [0.2, 0.25) is 0 Å². The first-order valence-electron chi connectivity index (χ1n) is 4.74. The van der Waals surface area contributed by atoms with Crippen molar-refractivity contribution in [3.8, 4) is 6.01 Å². The zero-order valence-corrected chi connectivity index (χ0v) is 9.72. The highest BCUT2D eigenvalue weighted by Crippen LogP contribution is 2.35. The Labute approximate surface area is 88.4 Å². The number of unbranched alkanes of at least 4 members (excludes halogenated alkanes) is 1. The van der Waals surface area contributed by atoms with Gasteiger partial charge in [0.2, 0.25) is 0 Å². The monoisotopic (exact) mass is 235 g/mol. The van der Waals surface area contributed by atoms with Crippen LogP contribution in [0.5, 0.6) is 6.01 Å². The summed E-state index contributed by atoms with van der Waals surface area (Å²) < 4.78 is 18.5. The molecule has 0 aliphatic rings. The standard InChI is InChI=1S/C8H15N2O4P/c1-3-4-5-10-7-6-9(2)8(10)14-15(11,12)13/h6-7H,3-5H2,1-2H3,(H-,11,12,13)/p+1. The van der Waals surface area contributed by atoms with E-state index in [0.717, 1.165) is 12.8 Å². The van der Waals surface area contributed by atoms with E-state index in [0.29, 0.717) is 6.54 Å². The van der Waals surface area contributed by atoms with E-state index in [1.807, 2.05) is 6.92 Å². The molecule has 0 unspecified atom stereocenters. The minimum Gasteiger partial charge on any atom is -0.334 e. The van der Waals surface area contributed by atoms with Gasteiger partial charge < -0.3 is 4.52 Å². The summed E-state index contributed by atoms with van der Waals surface area (Å²) in [5, 5.41) is 0. The number of aryl methyl sites for hydroxylation is 2. The molecule has 1 heterocycles. The lowest BCUT2D eigenvalue weighted by Gasteiger charge is -2.04. The Hall–Kier alpha value is -0.840. The fourth-order valence-corrected chi connectivity index (χ4v) is 1.68. The van der Waals surface area contributed by atoms with Gasteiger partial charge in [-0.15, -0.1) is 0 Å². The van der Waals surface area contributed by atoms with Crippen LogP contribution in [0, 0.1) is 0 Å². The number of hydrogen-bond acceptors (Lipinski definition) is 2. The van der Waals surface area contributed by atoms with Gasteiger partial charge in [-0.1, -0.05) is 13.3 Å². The van der Waals surface area contributed by atoms with Crippen LogP contribution in [0.15, 0.2) is 12.4 Å². The summed E-state index contributed by atoms with van der Waals surface area (Å²) in [7, 11) is -2.81. The van der Waals surface area contributed by atoms with Crippen molar-refractivity contribution in [1.82, 2.24) is 4.57 Å². The molecule has 0 aliphatic heterocycles. The fraction of sp³-hybridized carbons (Fsp3) is 0.625. The lowest BCUT2D eigenvalue weighted by Crippen LogP contribution is -2.28. The maximum absolute atomic E-state index is 10.7. The quantitative estimate of drug-likeness (QED) is 0.578. The molecule has 0 amide bonds. The summed E-state index contributed by atoms with van der Waals surface area (Å²) in [6, 6.07) is 0.178. The lowest BCUT2D eigenvalue weighted by atomic mass is 10.3. The van der Waals surface area contributed by atoms with Gasteiger partial charge >= 0.3 is 13.8 Å². The SMILES string of the molecule is CCCCn1cc[n+](C)c1OP(=O)(O)O. The number of rotatable bonds is 5. The van der Waals surface area contributed by atoms with Crippen molar-refractivity contribution < 1.29 is 23.4 Å². The van der Waals surface area contributed by atoms with E-state index in [-0.39, 0.29) is 6.01 Å². The minimum atomic E-state index is -4.48. The average molecular weight is 235 g/mol. The molecule has 0 bridgehead atoms. The van der Waals surface area contributed by atoms with Crippen LogP contribution < -0.4 is 9.09 Å². The number of imidazole rings is 1. The van der Waals surface area contributed by atoms with E-state index in [2.05, 4.69) is 4.52 Å². The van der Waals surface area contributed by atoms with Crippen molar-refractivity contribution in [2.75, 3.05) is 0 Å². The second kappa shape index (κ2) is 4.79. The molecule has 0 spiro atoms. The molecule has 0 aromatic carbocycles. The average Bonchev–Trinajstić information content (AvgIpc) is 2.43. The second-order valence-corrected chi connectivity index (χ2v) is 4.48. The highest BCUT2D eigenvalue weighted by Gasteiger charge is 2.26. The molecule has 15 heavy (non-hydrogen) atoms. The smallest absolute Gasteiger partial charge is 0.334 e. The second-order valence-electron chi connectivity index (χ2n) is 3.32. The van der Waals surface area contributed by atoms with E-state index in [9.17, 15) is 4.57 Å². The highest BCUT2D eigenvalue weighted by atomic mass is 31.2. The van der Waals surface area contributed by atoms with Gasteiger partial charge in [0, 0.05) is 0 Å². The summed E-state index contributed by atoms with van der Waals surface area (Å²) in [6.07, 6.45) is 5.38. The number of hydrogen-bond donors (Lipinski definition) is 2. The Morgan fingerprint density at radius 3 is 2.80 bits per heavy atom. The Balaban J connectivity index is 2.84. The third kappa shape index (κ3) is 3.66. The molecule has 86 valence electrons. The molecule has 0 fully saturated rings. The summed E-state index contributed by atoms with van der Waals surface area (Å²) in [5.74, 6) is 0. The Morgan fingerprint density at radius 1 is 1.60 bits per heavy atom. The zero-order chi connectivity index (χ0) is 11.5. The van der Waals surface area contributed by atoms with E-state index < -0.39 is 7.82 Å². The van der Waals surface area contributed by atoms with Gasteiger partial charge in [-0.3, -0.25) is 9.79 Å². The molecule has 0 saturated carbocycles. The fourth-order valence-electron chi connectivity index (χ4n) is 1.23. The van der Waals surface area contributed by atoms with Crippen molar-refractivity contribution in [2.45, 2.75) is 26.3 Å². The molecule has 0 radical (unpaired) electrons.